The van der Waals surface area contributed by atoms with Crippen LogP contribution in [0.1, 0.15) is 39.0 Å². The van der Waals surface area contributed by atoms with E-state index < -0.39 is 0 Å². The first kappa shape index (κ1) is 10.3. The molecule has 74 valence electrons. The predicted molar refractivity (Wildman–Crippen MR) is 54.4 cm³/mol. The van der Waals surface area contributed by atoms with Crippen LogP contribution < -0.4 is 5.32 Å². The lowest BCUT2D eigenvalue weighted by Gasteiger charge is -2.21. The maximum absolute atomic E-state index is 11.1. The van der Waals surface area contributed by atoms with Gasteiger partial charge in [-0.25, -0.2) is 0 Å². The molecule has 1 saturated carbocycles. The first-order chi connectivity index (χ1) is 6.33. The van der Waals surface area contributed by atoms with Gasteiger partial charge in [-0.05, 0) is 31.8 Å². The Balaban J connectivity index is 2.13. The van der Waals surface area contributed by atoms with Crippen LogP contribution in [0.25, 0.3) is 0 Å². The van der Waals surface area contributed by atoms with Gasteiger partial charge in [0.15, 0.2) is 0 Å². The molecule has 1 fully saturated rings. The molecule has 1 rings (SSSR count). The van der Waals surface area contributed by atoms with Gasteiger partial charge in [0, 0.05) is 6.54 Å². The Kier molecular flexibility index (Phi) is 4.58. The Morgan fingerprint density at radius 1 is 1.38 bits per heavy atom. The molecule has 0 atom stereocenters. The second-order valence-corrected chi connectivity index (χ2v) is 3.75. The van der Waals surface area contributed by atoms with Crippen LogP contribution in [0.15, 0.2) is 12.2 Å². The van der Waals surface area contributed by atoms with Gasteiger partial charge in [0.05, 0.1) is 0 Å². The lowest BCUT2D eigenvalue weighted by atomic mass is 9.89. The van der Waals surface area contributed by atoms with Gasteiger partial charge in [-0.3, -0.25) is 4.79 Å². The van der Waals surface area contributed by atoms with Crippen LogP contribution in [0.5, 0.6) is 0 Å². The summed E-state index contributed by atoms with van der Waals surface area (Å²) in [5.74, 6) is 0.774. The van der Waals surface area contributed by atoms with Crippen LogP contribution in [-0.2, 0) is 4.79 Å². The highest BCUT2D eigenvalue weighted by Crippen LogP contribution is 2.22. The largest absolute Gasteiger partial charge is 0.352 e. The van der Waals surface area contributed by atoms with Gasteiger partial charge < -0.3 is 5.32 Å². The van der Waals surface area contributed by atoms with Crippen molar-refractivity contribution >= 4 is 5.91 Å². The molecular formula is C11H19NO. The molecule has 0 aliphatic heterocycles. The third kappa shape index (κ3) is 4.11. The number of hydrogen-bond acceptors (Lipinski definition) is 1. The SMILES string of the molecule is CC=CC(=O)NCC1CCCCC1. The van der Waals surface area contributed by atoms with Gasteiger partial charge >= 0.3 is 0 Å². The summed E-state index contributed by atoms with van der Waals surface area (Å²) in [7, 11) is 0. The third-order valence-corrected chi connectivity index (χ3v) is 2.61. The Morgan fingerprint density at radius 3 is 2.69 bits per heavy atom. The Labute approximate surface area is 80.4 Å². The molecule has 1 aliphatic rings. The molecule has 1 aliphatic carbocycles. The summed E-state index contributed by atoms with van der Waals surface area (Å²) in [6.45, 7) is 2.73. The minimum Gasteiger partial charge on any atom is -0.352 e. The Hall–Kier alpha value is -0.790. The predicted octanol–water partition coefficient (Wildman–Crippen LogP) is 2.26. The highest BCUT2D eigenvalue weighted by atomic mass is 16.1. The number of rotatable bonds is 3. The fourth-order valence-corrected chi connectivity index (χ4v) is 1.85. The van der Waals surface area contributed by atoms with E-state index in [9.17, 15) is 4.79 Å². The molecule has 0 unspecified atom stereocenters. The summed E-state index contributed by atoms with van der Waals surface area (Å²) < 4.78 is 0. The number of amides is 1. The fraction of sp³-hybridized carbons (Fsp3) is 0.727. The highest BCUT2D eigenvalue weighted by molar-refractivity contribution is 5.87. The van der Waals surface area contributed by atoms with Crippen molar-refractivity contribution in [1.82, 2.24) is 5.32 Å². The number of carbonyl (C=O) groups excluding carboxylic acids is 1. The van der Waals surface area contributed by atoms with Gasteiger partial charge in [-0.1, -0.05) is 25.3 Å². The molecule has 0 bridgehead atoms. The molecular weight excluding hydrogens is 162 g/mol. The molecule has 0 spiro atoms. The lowest BCUT2D eigenvalue weighted by molar-refractivity contribution is -0.116. The zero-order valence-electron chi connectivity index (χ0n) is 8.38. The van der Waals surface area contributed by atoms with Gasteiger partial charge in [-0.2, -0.15) is 0 Å². The molecule has 0 aromatic rings. The first-order valence-electron chi connectivity index (χ1n) is 5.23. The summed E-state index contributed by atoms with van der Waals surface area (Å²) >= 11 is 0. The first-order valence-corrected chi connectivity index (χ1v) is 5.23. The summed E-state index contributed by atoms with van der Waals surface area (Å²) in [5, 5.41) is 2.93. The summed E-state index contributed by atoms with van der Waals surface area (Å²) in [6, 6.07) is 0. The lowest BCUT2D eigenvalue weighted by Crippen LogP contribution is -2.28. The van der Waals surface area contributed by atoms with Crippen molar-refractivity contribution in [3.8, 4) is 0 Å². The van der Waals surface area contributed by atoms with Crippen LogP contribution in [0, 0.1) is 5.92 Å². The van der Waals surface area contributed by atoms with E-state index in [1.54, 1.807) is 12.2 Å². The monoisotopic (exact) mass is 181 g/mol. The van der Waals surface area contributed by atoms with Crippen molar-refractivity contribution in [2.24, 2.45) is 5.92 Å². The van der Waals surface area contributed by atoms with E-state index in [0.29, 0.717) is 0 Å². The normalized spacial score (nSPS) is 19.2. The van der Waals surface area contributed by atoms with Gasteiger partial charge in [-0.15, -0.1) is 0 Å². The van der Waals surface area contributed by atoms with Gasteiger partial charge in [0.25, 0.3) is 0 Å². The van der Waals surface area contributed by atoms with E-state index in [1.807, 2.05) is 6.92 Å². The van der Waals surface area contributed by atoms with Crippen LogP contribution in [0.4, 0.5) is 0 Å². The second kappa shape index (κ2) is 5.79. The molecule has 2 nitrogen and oxygen atoms in total. The Morgan fingerprint density at radius 2 is 2.08 bits per heavy atom. The van der Waals surface area contributed by atoms with E-state index >= 15 is 0 Å². The van der Waals surface area contributed by atoms with Crippen LogP contribution in [0.2, 0.25) is 0 Å². The average Bonchev–Trinajstić information content (AvgIpc) is 2.17. The smallest absolute Gasteiger partial charge is 0.243 e. The molecule has 0 saturated heterocycles. The van der Waals surface area contributed by atoms with Crippen molar-refractivity contribution in [2.45, 2.75) is 39.0 Å². The quantitative estimate of drug-likeness (QED) is 0.665. The molecule has 0 aromatic carbocycles. The molecule has 0 aromatic heterocycles. The molecule has 0 heterocycles. The number of carbonyl (C=O) groups is 1. The zero-order valence-corrected chi connectivity index (χ0v) is 8.38. The molecule has 1 amide bonds. The van der Waals surface area contributed by atoms with Crippen molar-refractivity contribution in [1.29, 1.82) is 0 Å². The van der Waals surface area contributed by atoms with Gasteiger partial charge in [0.2, 0.25) is 5.91 Å². The van der Waals surface area contributed by atoms with E-state index in [1.165, 1.54) is 32.1 Å². The average molecular weight is 181 g/mol. The van der Waals surface area contributed by atoms with E-state index in [2.05, 4.69) is 5.32 Å². The second-order valence-electron chi connectivity index (χ2n) is 3.75. The van der Waals surface area contributed by atoms with Crippen molar-refractivity contribution in [3.05, 3.63) is 12.2 Å². The van der Waals surface area contributed by atoms with Crippen LogP contribution >= 0.6 is 0 Å². The summed E-state index contributed by atoms with van der Waals surface area (Å²) in [6.07, 6.45) is 9.99. The molecule has 13 heavy (non-hydrogen) atoms. The zero-order chi connectivity index (χ0) is 9.52. The summed E-state index contributed by atoms with van der Waals surface area (Å²) in [4.78, 5) is 11.1. The molecule has 1 N–H and O–H groups in total. The molecule has 0 radical (unpaired) electrons. The van der Waals surface area contributed by atoms with E-state index in [0.717, 1.165) is 12.5 Å². The van der Waals surface area contributed by atoms with Gasteiger partial charge in [0.1, 0.15) is 0 Å². The van der Waals surface area contributed by atoms with E-state index in [4.69, 9.17) is 0 Å². The third-order valence-electron chi connectivity index (χ3n) is 2.61. The van der Waals surface area contributed by atoms with E-state index in [-0.39, 0.29) is 5.91 Å². The highest BCUT2D eigenvalue weighted by Gasteiger charge is 2.13. The number of hydrogen-bond donors (Lipinski definition) is 1. The number of allylic oxidation sites excluding steroid dienone is 1. The standard InChI is InChI=1S/C11H19NO/c1-2-6-11(13)12-9-10-7-4-3-5-8-10/h2,6,10H,3-5,7-9H2,1H3,(H,12,13). The van der Waals surface area contributed by atoms with Crippen molar-refractivity contribution in [3.63, 3.8) is 0 Å². The van der Waals surface area contributed by atoms with Crippen molar-refractivity contribution in [2.75, 3.05) is 6.54 Å². The maximum Gasteiger partial charge on any atom is 0.243 e. The summed E-state index contributed by atoms with van der Waals surface area (Å²) in [5.41, 5.74) is 0. The number of nitrogens with one attached hydrogen (secondary N) is 1. The van der Waals surface area contributed by atoms with Crippen molar-refractivity contribution < 1.29 is 4.79 Å². The maximum atomic E-state index is 11.1. The Bertz CT molecular complexity index is 181. The fourth-order valence-electron chi connectivity index (χ4n) is 1.85. The topological polar surface area (TPSA) is 29.1 Å². The minimum atomic E-state index is 0.0491. The minimum absolute atomic E-state index is 0.0491. The van der Waals surface area contributed by atoms with Crippen LogP contribution in [-0.4, -0.2) is 12.5 Å². The molecule has 2 heteroatoms. The van der Waals surface area contributed by atoms with Crippen LogP contribution in [0.3, 0.4) is 0 Å².